The molecule has 1 N–H and O–H groups in total. The number of H-pyrrole nitrogens is 1. The van der Waals surface area contributed by atoms with E-state index < -0.39 is 23.6 Å². The monoisotopic (exact) mass is 685 g/mol. The molecule has 1 aromatic heterocycles. The summed E-state index contributed by atoms with van der Waals surface area (Å²) in [6.07, 6.45) is 1.28. The Morgan fingerprint density at radius 3 is 2.20 bits per heavy atom. The molecule has 2 heterocycles. The molecule has 12 nitrogen and oxygen atoms in total. The number of hydroxylamine groups is 2. The Hall–Kier alpha value is -5.72. The van der Waals surface area contributed by atoms with Crippen molar-refractivity contribution in [3.05, 3.63) is 110 Å². The van der Waals surface area contributed by atoms with Crippen LogP contribution in [0.4, 0.5) is 4.39 Å². The third-order valence-corrected chi connectivity index (χ3v) is 8.19. The van der Waals surface area contributed by atoms with Crippen LogP contribution in [0.25, 0.3) is 10.8 Å². The fraction of sp³-hybridized carbons (Fsp3) is 0.324. The SMILES string of the molecule is CC.CCc1cc(C(=O)ON(C)C(=O)CCC=O)cc(C(=O)N2CCN(C(=O)c3cc(Cc4n[nH]c(=O)c5ccccc45)ccc3F)CC2)c1. The summed E-state index contributed by atoms with van der Waals surface area (Å²) in [6, 6.07) is 16.0. The van der Waals surface area contributed by atoms with E-state index in [0.29, 0.717) is 40.3 Å². The number of hydrogen-bond acceptors (Lipinski definition) is 8. The van der Waals surface area contributed by atoms with Crippen LogP contribution in [0, 0.1) is 5.82 Å². The van der Waals surface area contributed by atoms with E-state index in [2.05, 4.69) is 10.2 Å². The lowest BCUT2D eigenvalue weighted by molar-refractivity contribution is -0.161. The summed E-state index contributed by atoms with van der Waals surface area (Å²) in [5.41, 5.74) is 1.85. The number of piperazine rings is 1. The van der Waals surface area contributed by atoms with Crippen molar-refractivity contribution in [1.29, 1.82) is 0 Å². The average Bonchev–Trinajstić information content (AvgIpc) is 3.15. The number of benzene rings is 3. The van der Waals surface area contributed by atoms with Crippen molar-refractivity contribution >= 4 is 40.7 Å². The number of rotatable bonds is 9. The lowest BCUT2D eigenvalue weighted by Gasteiger charge is -2.35. The van der Waals surface area contributed by atoms with E-state index in [1.54, 1.807) is 47.4 Å². The van der Waals surface area contributed by atoms with E-state index in [9.17, 15) is 33.2 Å². The number of carbonyl (C=O) groups is 5. The van der Waals surface area contributed by atoms with E-state index in [1.807, 2.05) is 20.8 Å². The van der Waals surface area contributed by atoms with E-state index >= 15 is 0 Å². The number of nitrogens with zero attached hydrogens (tertiary/aromatic N) is 4. The van der Waals surface area contributed by atoms with Gasteiger partial charge in [0.05, 0.1) is 22.2 Å². The van der Waals surface area contributed by atoms with Crippen LogP contribution < -0.4 is 5.56 Å². The first kappa shape index (κ1) is 37.1. The van der Waals surface area contributed by atoms with Crippen molar-refractivity contribution in [3.8, 4) is 0 Å². The number of halogens is 1. The minimum atomic E-state index is -0.828. The van der Waals surface area contributed by atoms with Crippen LogP contribution in [0.1, 0.15) is 81.5 Å². The Balaban J connectivity index is 0.00000276. The van der Waals surface area contributed by atoms with Crippen molar-refractivity contribution in [2.45, 2.75) is 46.5 Å². The van der Waals surface area contributed by atoms with Gasteiger partial charge >= 0.3 is 5.97 Å². The molecule has 1 aliphatic rings. The lowest BCUT2D eigenvalue weighted by atomic mass is 10.0. The second kappa shape index (κ2) is 17.1. The largest absolute Gasteiger partial charge is 0.363 e. The number of carbonyl (C=O) groups excluding carboxylic acids is 5. The van der Waals surface area contributed by atoms with Crippen molar-refractivity contribution < 1.29 is 33.2 Å². The summed E-state index contributed by atoms with van der Waals surface area (Å²) in [4.78, 5) is 82.8. The van der Waals surface area contributed by atoms with Crippen molar-refractivity contribution in [1.82, 2.24) is 25.1 Å². The number of nitrogens with one attached hydrogen (secondary N) is 1. The van der Waals surface area contributed by atoms with Crippen LogP contribution in [0.5, 0.6) is 0 Å². The second-order valence-electron chi connectivity index (χ2n) is 11.4. The minimum absolute atomic E-state index is 0.00153. The van der Waals surface area contributed by atoms with Crippen LogP contribution >= 0.6 is 0 Å². The fourth-order valence-corrected chi connectivity index (χ4v) is 5.52. The molecular formula is C37H40FN5O7. The van der Waals surface area contributed by atoms with Gasteiger partial charge in [-0.05, 0) is 53.9 Å². The fourth-order valence-electron chi connectivity index (χ4n) is 5.52. The van der Waals surface area contributed by atoms with Gasteiger partial charge in [-0.25, -0.2) is 14.3 Å². The number of aldehydes is 1. The zero-order valence-electron chi connectivity index (χ0n) is 28.5. The highest BCUT2D eigenvalue weighted by atomic mass is 19.1. The van der Waals surface area contributed by atoms with E-state index in [4.69, 9.17) is 4.84 Å². The molecule has 0 spiro atoms. The zero-order valence-corrected chi connectivity index (χ0v) is 28.5. The highest BCUT2D eigenvalue weighted by Crippen LogP contribution is 2.21. The molecular weight excluding hydrogens is 645 g/mol. The van der Waals surface area contributed by atoms with Gasteiger partial charge in [-0.15, -0.1) is 0 Å². The molecule has 4 aromatic rings. The van der Waals surface area contributed by atoms with Gasteiger partial charge in [-0.2, -0.15) is 10.2 Å². The Kier molecular flexibility index (Phi) is 12.7. The summed E-state index contributed by atoms with van der Waals surface area (Å²) in [5, 5.41) is 8.58. The summed E-state index contributed by atoms with van der Waals surface area (Å²) < 4.78 is 15.0. The summed E-state index contributed by atoms with van der Waals surface area (Å²) >= 11 is 0. The first-order chi connectivity index (χ1) is 24.1. The zero-order chi connectivity index (χ0) is 36.4. The number of aromatic nitrogens is 2. The standard InChI is InChI=1S/C35H34FN5O7.C2H6/c1-3-22-17-24(21-25(18-22)35(47)48-39(2)31(43)9-6-16-42)33(45)40-12-14-41(15-13-40)34(46)28-19-23(10-11-29(28)36)20-30-26-7-4-5-8-27(26)32(44)38-37-30;1-2/h4-5,7-8,10-11,16-19,21H,3,6,9,12-15,20H2,1-2H3,(H,38,44);1-2H3. The molecule has 0 bridgehead atoms. The lowest BCUT2D eigenvalue weighted by Crippen LogP contribution is -2.50. The molecule has 0 unspecified atom stereocenters. The van der Waals surface area contributed by atoms with Crippen molar-refractivity contribution in [2.75, 3.05) is 33.2 Å². The average molecular weight is 686 g/mol. The summed E-state index contributed by atoms with van der Waals surface area (Å²) in [5.74, 6) is -2.91. The van der Waals surface area contributed by atoms with Gasteiger partial charge < -0.3 is 19.4 Å². The molecule has 3 aromatic carbocycles. The number of hydrogen-bond donors (Lipinski definition) is 1. The number of aromatic amines is 1. The van der Waals surface area contributed by atoms with Gasteiger partial charge in [0, 0.05) is 63.4 Å². The van der Waals surface area contributed by atoms with Gasteiger partial charge in [0.2, 0.25) is 0 Å². The third kappa shape index (κ3) is 8.65. The van der Waals surface area contributed by atoms with E-state index in [-0.39, 0.29) is 73.6 Å². The Morgan fingerprint density at radius 1 is 0.900 bits per heavy atom. The van der Waals surface area contributed by atoms with Crippen LogP contribution in [0.2, 0.25) is 0 Å². The van der Waals surface area contributed by atoms with Crippen LogP contribution in [0.15, 0.2) is 65.5 Å². The van der Waals surface area contributed by atoms with Gasteiger partial charge in [-0.1, -0.05) is 45.0 Å². The van der Waals surface area contributed by atoms with Crippen LogP contribution in [-0.2, 0) is 27.3 Å². The van der Waals surface area contributed by atoms with Gasteiger partial charge in [0.1, 0.15) is 12.1 Å². The summed E-state index contributed by atoms with van der Waals surface area (Å²) in [6.45, 7) is 6.56. The van der Waals surface area contributed by atoms with Crippen molar-refractivity contribution in [2.24, 2.45) is 0 Å². The molecule has 0 atom stereocenters. The topological polar surface area (TPSA) is 150 Å². The maximum atomic E-state index is 15.0. The van der Waals surface area contributed by atoms with Crippen LogP contribution in [0.3, 0.4) is 0 Å². The molecule has 13 heteroatoms. The third-order valence-electron chi connectivity index (χ3n) is 8.19. The molecule has 5 rings (SSSR count). The molecule has 3 amide bonds. The Morgan fingerprint density at radius 2 is 1.54 bits per heavy atom. The molecule has 0 aliphatic carbocycles. The number of aryl methyl sites for hydroxylation is 1. The van der Waals surface area contributed by atoms with Gasteiger partial charge in [0.15, 0.2) is 0 Å². The van der Waals surface area contributed by atoms with Gasteiger partial charge in [-0.3, -0.25) is 19.2 Å². The molecule has 50 heavy (non-hydrogen) atoms. The first-order valence-electron chi connectivity index (χ1n) is 16.5. The van der Waals surface area contributed by atoms with E-state index in [1.165, 1.54) is 30.1 Å². The maximum Gasteiger partial charge on any atom is 0.363 e. The van der Waals surface area contributed by atoms with Crippen LogP contribution in [-0.4, -0.2) is 88.3 Å². The molecule has 1 fully saturated rings. The molecule has 262 valence electrons. The Labute approximate surface area is 288 Å². The maximum absolute atomic E-state index is 15.0. The molecule has 0 saturated carbocycles. The normalized spacial score (nSPS) is 12.5. The second-order valence-corrected chi connectivity index (χ2v) is 11.4. The predicted molar refractivity (Wildman–Crippen MR) is 184 cm³/mol. The molecule has 1 aliphatic heterocycles. The smallest absolute Gasteiger partial charge is 0.335 e. The molecule has 0 radical (unpaired) electrons. The van der Waals surface area contributed by atoms with Gasteiger partial charge in [0.25, 0.3) is 23.3 Å². The van der Waals surface area contributed by atoms with E-state index in [0.717, 1.165) is 5.06 Å². The molecule has 1 saturated heterocycles. The highest BCUT2D eigenvalue weighted by molar-refractivity contribution is 5.99. The highest BCUT2D eigenvalue weighted by Gasteiger charge is 2.28. The minimum Gasteiger partial charge on any atom is -0.335 e. The first-order valence-corrected chi connectivity index (χ1v) is 16.5. The summed E-state index contributed by atoms with van der Waals surface area (Å²) in [7, 11) is 1.27. The number of fused-ring (bicyclic) bond motifs is 1. The number of amides is 3. The Bertz CT molecular complexity index is 1950. The predicted octanol–water partition coefficient (Wildman–Crippen LogP) is 4.35. The van der Waals surface area contributed by atoms with Crippen molar-refractivity contribution in [3.63, 3.8) is 0 Å². The quantitative estimate of drug-likeness (QED) is 0.202.